The molecule has 0 saturated heterocycles. The molecule has 1 rings (SSSR count). The second-order valence-corrected chi connectivity index (χ2v) is 3.92. The zero-order valence-electron chi connectivity index (χ0n) is 9.93. The molecule has 3 nitrogen and oxygen atoms in total. The minimum atomic E-state index is -0.755. The average molecular weight is 222 g/mol. The number of carboxylic acids is 1. The molecule has 0 amide bonds. The van der Waals surface area contributed by atoms with Crippen molar-refractivity contribution in [3.05, 3.63) is 29.8 Å². The molecule has 16 heavy (non-hydrogen) atoms. The van der Waals surface area contributed by atoms with Crippen LogP contribution in [0, 0.1) is 5.92 Å². The highest BCUT2D eigenvalue weighted by atomic mass is 16.5. The van der Waals surface area contributed by atoms with Gasteiger partial charge in [0.15, 0.2) is 0 Å². The SMILES string of the molecule is CC[C@@H](c1cccc(OC)c1)[C@H](C)C(=O)O. The molecule has 0 fully saturated rings. The zero-order chi connectivity index (χ0) is 12.1. The van der Waals surface area contributed by atoms with Gasteiger partial charge in [-0.3, -0.25) is 4.79 Å². The molecule has 1 N–H and O–H groups in total. The monoisotopic (exact) mass is 222 g/mol. The summed E-state index contributed by atoms with van der Waals surface area (Å²) < 4.78 is 5.14. The third kappa shape index (κ3) is 2.75. The van der Waals surface area contributed by atoms with Gasteiger partial charge in [0.1, 0.15) is 5.75 Å². The fourth-order valence-electron chi connectivity index (χ4n) is 1.92. The summed E-state index contributed by atoms with van der Waals surface area (Å²) >= 11 is 0. The quantitative estimate of drug-likeness (QED) is 0.833. The highest BCUT2D eigenvalue weighted by molar-refractivity contribution is 5.71. The first-order chi connectivity index (χ1) is 7.60. The van der Waals surface area contributed by atoms with Gasteiger partial charge in [0, 0.05) is 0 Å². The van der Waals surface area contributed by atoms with Gasteiger partial charge in [-0.15, -0.1) is 0 Å². The fourth-order valence-corrected chi connectivity index (χ4v) is 1.92. The molecule has 3 heteroatoms. The first-order valence-corrected chi connectivity index (χ1v) is 5.46. The first kappa shape index (κ1) is 12.6. The van der Waals surface area contributed by atoms with E-state index in [1.165, 1.54) is 0 Å². The van der Waals surface area contributed by atoms with Crippen molar-refractivity contribution < 1.29 is 14.6 Å². The molecule has 0 aliphatic carbocycles. The molecule has 0 unspecified atom stereocenters. The van der Waals surface area contributed by atoms with Crippen LogP contribution in [-0.4, -0.2) is 18.2 Å². The Morgan fingerprint density at radius 2 is 2.19 bits per heavy atom. The minimum absolute atomic E-state index is 0.0348. The van der Waals surface area contributed by atoms with Crippen LogP contribution in [0.2, 0.25) is 0 Å². The molecule has 0 aromatic heterocycles. The van der Waals surface area contributed by atoms with Crippen molar-refractivity contribution in [1.29, 1.82) is 0 Å². The summed E-state index contributed by atoms with van der Waals surface area (Å²) in [6.45, 7) is 3.75. The second-order valence-electron chi connectivity index (χ2n) is 3.92. The number of hydrogen-bond donors (Lipinski definition) is 1. The van der Waals surface area contributed by atoms with Gasteiger partial charge in [0.25, 0.3) is 0 Å². The van der Waals surface area contributed by atoms with E-state index in [0.29, 0.717) is 0 Å². The lowest BCUT2D eigenvalue weighted by atomic mass is 9.85. The van der Waals surface area contributed by atoms with Crippen LogP contribution in [-0.2, 0) is 4.79 Å². The molecule has 88 valence electrons. The Balaban J connectivity index is 2.98. The number of carboxylic acid groups (broad SMARTS) is 1. The predicted octanol–water partition coefficient (Wildman–Crippen LogP) is 2.91. The topological polar surface area (TPSA) is 46.5 Å². The van der Waals surface area contributed by atoms with Crippen molar-refractivity contribution in [2.75, 3.05) is 7.11 Å². The van der Waals surface area contributed by atoms with Crippen LogP contribution in [0.1, 0.15) is 31.7 Å². The van der Waals surface area contributed by atoms with Crippen molar-refractivity contribution in [2.45, 2.75) is 26.2 Å². The summed E-state index contributed by atoms with van der Waals surface area (Å²) in [5.41, 5.74) is 1.02. The normalized spacial score (nSPS) is 14.2. The third-order valence-electron chi connectivity index (χ3n) is 2.95. The van der Waals surface area contributed by atoms with Crippen LogP contribution in [0.5, 0.6) is 5.75 Å². The van der Waals surface area contributed by atoms with Crippen molar-refractivity contribution in [3.63, 3.8) is 0 Å². The van der Waals surface area contributed by atoms with Gasteiger partial charge in [0.2, 0.25) is 0 Å². The Morgan fingerprint density at radius 1 is 1.50 bits per heavy atom. The van der Waals surface area contributed by atoms with Gasteiger partial charge < -0.3 is 9.84 Å². The van der Waals surface area contributed by atoms with Crippen LogP contribution in [0.3, 0.4) is 0 Å². The summed E-state index contributed by atoms with van der Waals surface area (Å²) in [6, 6.07) is 7.62. The Bertz CT molecular complexity index is 360. The molecular formula is C13H18O3. The van der Waals surface area contributed by atoms with E-state index in [1.54, 1.807) is 14.0 Å². The van der Waals surface area contributed by atoms with Crippen molar-refractivity contribution in [1.82, 2.24) is 0 Å². The highest BCUT2D eigenvalue weighted by Crippen LogP contribution is 2.30. The average Bonchev–Trinajstić information content (AvgIpc) is 2.30. The number of methoxy groups -OCH3 is 1. The second kappa shape index (κ2) is 5.54. The molecule has 0 saturated carbocycles. The van der Waals surface area contributed by atoms with Crippen LogP contribution >= 0.6 is 0 Å². The highest BCUT2D eigenvalue weighted by Gasteiger charge is 2.23. The summed E-state index contributed by atoms with van der Waals surface area (Å²) in [5.74, 6) is -0.326. The number of benzene rings is 1. The maximum Gasteiger partial charge on any atom is 0.306 e. The molecule has 0 aliphatic rings. The van der Waals surface area contributed by atoms with Crippen LogP contribution < -0.4 is 4.74 Å². The molecule has 0 heterocycles. The Labute approximate surface area is 96.1 Å². The van der Waals surface area contributed by atoms with E-state index >= 15 is 0 Å². The smallest absolute Gasteiger partial charge is 0.306 e. The molecule has 0 radical (unpaired) electrons. The van der Waals surface area contributed by atoms with Crippen molar-refractivity contribution in [3.8, 4) is 5.75 Å². The van der Waals surface area contributed by atoms with Crippen molar-refractivity contribution >= 4 is 5.97 Å². The van der Waals surface area contributed by atoms with Crippen LogP contribution in [0.4, 0.5) is 0 Å². The van der Waals surface area contributed by atoms with Gasteiger partial charge in [-0.25, -0.2) is 0 Å². The van der Waals surface area contributed by atoms with Crippen LogP contribution in [0.15, 0.2) is 24.3 Å². The molecule has 0 spiro atoms. The fraction of sp³-hybridized carbons (Fsp3) is 0.462. The molecule has 1 aromatic rings. The molecule has 0 aliphatic heterocycles. The standard InChI is InChI=1S/C13H18O3/c1-4-12(9(2)13(14)15)10-6-5-7-11(8-10)16-3/h5-9,12H,4H2,1-3H3,(H,14,15)/t9-,12+/m0/s1. The van der Waals surface area contributed by atoms with Gasteiger partial charge in [-0.1, -0.05) is 26.0 Å². The van der Waals surface area contributed by atoms with Gasteiger partial charge in [0.05, 0.1) is 13.0 Å². The molecule has 1 aromatic carbocycles. The number of aliphatic carboxylic acids is 1. The number of hydrogen-bond acceptors (Lipinski definition) is 2. The van der Waals surface area contributed by atoms with Gasteiger partial charge in [-0.05, 0) is 30.0 Å². The minimum Gasteiger partial charge on any atom is -0.497 e. The van der Waals surface area contributed by atoms with Crippen LogP contribution in [0.25, 0.3) is 0 Å². The van der Waals surface area contributed by atoms with Crippen molar-refractivity contribution in [2.24, 2.45) is 5.92 Å². The first-order valence-electron chi connectivity index (χ1n) is 5.46. The van der Waals surface area contributed by atoms with Gasteiger partial charge in [-0.2, -0.15) is 0 Å². The van der Waals surface area contributed by atoms with E-state index in [2.05, 4.69) is 0 Å². The van der Waals surface area contributed by atoms with E-state index in [-0.39, 0.29) is 11.8 Å². The van der Waals surface area contributed by atoms with E-state index in [1.807, 2.05) is 31.2 Å². The Kier molecular flexibility index (Phi) is 4.35. The zero-order valence-corrected chi connectivity index (χ0v) is 9.93. The third-order valence-corrected chi connectivity index (χ3v) is 2.95. The predicted molar refractivity (Wildman–Crippen MR) is 62.8 cm³/mol. The summed E-state index contributed by atoms with van der Waals surface area (Å²) in [7, 11) is 1.61. The molecule has 2 atom stereocenters. The lowest BCUT2D eigenvalue weighted by molar-refractivity contribution is -0.141. The maximum absolute atomic E-state index is 11.0. The van der Waals surface area contributed by atoms with E-state index in [4.69, 9.17) is 9.84 Å². The number of rotatable bonds is 5. The summed E-state index contributed by atoms with van der Waals surface area (Å²) in [4.78, 5) is 11.0. The Morgan fingerprint density at radius 3 is 2.69 bits per heavy atom. The molecule has 0 bridgehead atoms. The van der Waals surface area contributed by atoms with E-state index < -0.39 is 5.97 Å². The summed E-state index contributed by atoms with van der Waals surface area (Å²) in [6.07, 6.45) is 0.806. The van der Waals surface area contributed by atoms with E-state index in [9.17, 15) is 4.79 Å². The number of ether oxygens (including phenoxy) is 1. The largest absolute Gasteiger partial charge is 0.497 e. The summed E-state index contributed by atoms with van der Waals surface area (Å²) in [5, 5.41) is 9.04. The van der Waals surface area contributed by atoms with E-state index in [0.717, 1.165) is 17.7 Å². The number of carbonyl (C=O) groups is 1. The van der Waals surface area contributed by atoms with Gasteiger partial charge >= 0.3 is 5.97 Å². The molecular weight excluding hydrogens is 204 g/mol. The maximum atomic E-state index is 11.0. The lowest BCUT2D eigenvalue weighted by Gasteiger charge is -2.20. The lowest BCUT2D eigenvalue weighted by Crippen LogP contribution is -2.18. The Hall–Kier alpha value is -1.51.